The number of fused-ring (bicyclic) bond motifs is 10. The molecule has 5 aromatic rings. The fourth-order valence-electron chi connectivity index (χ4n) is 11.0. The van der Waals surface area contributed by atoms with Crippen molar-refractivity contribution < 1.29 is 19.2 Å². The average Bonchev–Trinajstić information content (AvgIpc) is 3.26. The molecule has 3 aromatic carbocycles. The molecule has 4 amide bonds. The number of nitrogens with zero attached hydrogens (tertiary/aromatic N) is 2. The smallest absolute Gasteiger partial charge is 0.270 e. The van der Waals surface area contributed by atoms with Gasteiger partial charge >= 0.3 is 0 Å². The standard InChI is InChI=1S/C46H44Br4N6O4/c47-31-11-1-7-23-27-19-51-43(57)35-15-5-17-37(55-35)45(59)53-21-29-25-9-3-14-34(50)42(25)30(26-10-4-13-33(49)41(26)29)22-54-46(60)38-18-6-16-36(56-38)44(58)52-20-28(39(23)31)24-8-2-12-32(48)40(24)27/h1-2,5-8,11-12,15-18,25-26,29-30,33-34,41-42H,3-4,9-10,13-14,19-22H2,(H,51,57)(H,52,58)(H,53,59)(H,54,60)/t25-,26-,29+,30+,33-,34-,41-,42?/m1/s1. The Balaban J connectivity index is 1.12. The van der Waals surface area contributed by atoms with Crippen LogP contribution in [-0.4, -0.2) is 56.3 Å². The predicted octanol–water partition coefficient (Wildman–Crippen LogP) is 9.25. The van der Waals surface area contributed by atoms with Crippen molar-refractivity contribution >= 4 is 109 Å². The van der Waals surface area contributed by atoms with E-state index in [2.05, 4.69) is 95.0 Å². The van der Waals surface area contributed by atoms with Crippen molar-refractivity contribution in [3.05, 3.63) is 116 Å². The van der Waals surface area contributed by atoms with Crippen LogP contribution in [0.25, 0.3) is 21.5 Å². The van der Waals surface area contributed by atoms with Crippen molar-refractivity contribution in [1.29, 1.82) is 0 Å². The Hall–Kier alpha value is -3.72. The fourth-order valence-corrected chi connectivity index (χ4v) is 14.4. The second-order valence-corrected chi connectivity index (χ2v) is 20.6. The van der Waals surface area contributed by atoms with Gasteiger partial charge < -0.3 is 21.3 Å². The number of benzene rings is 3. The first kappa shape index (κ1) is 41.6. The van der Waals surface area contributed by atoms with E-state index in [0.717, 1.165) is 80.1 Å². The highest BCUT2D eigenvalue weighted by Crippen LogP contribution is 2.58. The lowest BCUT2D eigenvalue weighted by atomic mass is 9.50. The zero-order valence-electron chi connectivity index (χ0n) is 32.7. The van der Waals surface area contributed by atoms with Crippen molar-refractivity contribution in [1.82, 2.24) is 31.2 Å². The molecule has 310 valence electrons. The van der Waals surface area contributed by atoms with Gasteiger partial charge in [-0.2, -0.15) is 0 Å². The number of carbonyl (C=O) groups excluding carboxylic acids is 4. The quantitative estimate of drug-likeness (QED) is 0.0901. The monoisotopic (exact) mass is 1060 g/mol. The fraction of sp³-hybridized carbons (Fsp3) is 0.391. The summed E-state index contributed by atoms with van der Waals surface area (Å²) in [5.74, 6) is 0.315. The van der Waals surface area contributed by atoms with E-state index in [9.17, 15) is 19.2 Å². The highest BCUT2D eigenvalue weighted by molar-refractivity contribution is 9.11. The number of amides is 4. The summed E-state index contributed by atoms with van der Waals surface area (Å²) in [4.78, 5) is 65.4. The molecule has 1 aliphatic heterocycles. The first-order valence-corrected chi connectivity index (χ1v) is 24.2. The zero-order valence-corrected chi connectivity index (χ0v) is 39.0. The molecule has 9 rings (SSSR count). The lowest BCUT2D eigenvalue weighted by molar-refractivity contribution is -0.0510. The Kier molecular flexibility index (Phi) is 12.2. The third-order valence-electron chi connectivity index (χ3n) is 13.5. The van der Waals surface area contributed by atoms with Crippen molar-refractivity contribution in [2.75, 3.05) is 13.1 Å². The molecule has 4 N–H and O–H groups in total. The third-order valence-corrected chi connectivity index (χ3v) is 17.0. The number of nitrogens with one attached hydrogen (secondary N) is 4. The number of halogens is 4. The molecule has 0 spiro atoms. The molecule has 3 fully saturated rings. The molecule has 4 aliphatic rings. The Morgan fingerprint density at radius 2 is 0.833 bits per heavy atom. The highest BCUT2D eigenvalue weighted by atomic mass is 79.9. The maximum Gasteiger partial charge on any atom is 0.270 e. The Bertz CT molecular complexity index is 2360. The van der Waals surface area contributed by atoms with Crippen molar-refractivity contribution in [3.8, 4) is 0 Å². The lowest BCUT2D eigenvalue weighted by Crippen LogP contribution is -2.58. The minimum atomic E-state index is -0.397. The SMILES string of the molecule is O=C1NCc2c3cccc(Br)c3c(c3cccc(Br)c23)CNC(=O)c2cccc(n2)C(=O)NC[C@@H]2C3[C@H](Br)CCC[C@@H]3[C@H](CNC(=O)c3cccc1n3)[C@H]1[C@@H]2CCC[C@H]1Br. The van der Waals surface area contributed by atoms with Gasteiger partial charge in [-0.25, -0.2) is 9.97 Å². The van der Waals surface area contributed by atoms with Gasteiger partial charge in [-0.05, 0) is 119 Å². The van der Waals surface area contributed by atoms with Gasteiger partial charge in [0.2, 0.25) is 0 Å². The van der Waals surface area contributed by atoms with Crippen molar-refractivity contribution in [2.45, 2.75) is 61.3 Å². The summed E-state index contributed by atoms with van der Waals surface area (Å²) >= 11 is 15.8. The first-order valence-electron chi connectivity index (χ1n) is 20.7. The number of rotatable bonds is 0. The van der Waals surface area contributed by atoms with Crippen LogP contribution in [0.4, 0.5) is 0 Å². The second kappa shape index (κ2) is 17.6. The first-order chi connectivity index (χ1) is 29.1. The van der Waals surface area contributed by atoms with Crippen LogP contribution in [0.15, 0.2) is 81.7 Å². The molecule has 3 saturated carbocycles. The van der Waals surface area contributed by atoms with Crippen LogP contribution in [-0.2, 0) is 13.1 Å². The third kappa shape index (κ3) is 7.83. The van der Waals surface area contributed by atoms with Crippen LogP contribution >= 0.6 is 63.7 Å². The molecule has 8 atom stereocenters. The number of pyridine rings is 2. The van der Waals surface area contributed by atoms with Gasteiger partial charge in [-0.3, -0.25) is 19.2 Å². The highest BCUT2D eigenvalue weighted by Gasteiger charge is 2.55. The van der Waals surface area contributed by atoms with E-state index in [-0.39, 0.29) is 69.2 Å². The lowest BCUT2D eigenvalue weighted by Gasteiger charge is -2.58. The molecule has 2 aromatic heterocycles. The molecular weight excluding hydrogens is 1020 g/mol. The molecule has 14 heteroatoms. The van der Waals surface area contributed by atoms with Crippen LogP contribution in [0.2, 0.25) is 0 Å². The van der Waals surface area contributed by atoms with E-state index >= 15 is 0 Å². The number of hydrogen-bond donors (Lipinski definition) is 4. The summed E-state index contributed by atoms with van der Waals surface area (Å²) in [5.41, 5.74) is 2.45. The topological polar surface area (TPSA) is 142 Å². The largest absolute Gasteiger partial charge is 0.350 e. The van der Waals surface area contributed by atoms with Gasteiger partial charge in [0, 0.05) is 55.6 Å². The van der Waals surface area contributed by atoms with Gasteiger partial charge in [-0.1, -0.05) is 113 Å². The summed E-state index contributed by atoms with van der Waals surface area (Å²) in [6.07, 6.45) is 6.39. The van der Waals surface area contributed by atoms with Gasteiger partial charge in [0.05, 0.1) is 0 Å². The summed E-state index contributed by atoms with van der Waals surface area (Å²) in [5, 5.41) is 16.3. The van der Waals surface area contributed by atoms with Crippen molar-refractivity contribution in [3.63, 3.8) is 0 Å². The predicted molar refractivity (Wildman–Crippen MR) is 246 cm³/mol. The molecule has 8 bridgehead atoms. The maximum absolute atomic E-state index is 13.9. The van der Waals surface area contributed by atoms with E-state index in [4.69, 9.17) is 0 Å². The van der Waals surface area contributed by atoms with Crippen LogP contribution in [0.1, 0.15) is 91.6 Å². The molecule has 3 heterocycles. The second-order valence-electron chi connectivity index (χ2n) is 16.6. The number of hydrogen-bond acceptors (Lipinski definition) is 6. The summed E-state index contributed by atoms with van der Waals surface area (Å²) < 4.78 is 1.66. The summed E-state index contributed by atoms with van der Waals surface area (Å²) in [6.45, 7) is 1.34. The average molecular weight is 1060 g/mol. The van der Waals surface area contributed by atoms with E-state index in [0.29, 0.717) is 36.8 Å². The summed E-state index contributed by atoms with van der Waals surface area (Å²) in [6, 6.07) is 21.8. The van der Waals surface area contributed by atoms with Gasteiger partial charge in [0.15, 0.2) is 0 Å². The maximum atomic E-state index is 13.9. The molecule has 0 radical (unpaired) electrons. The normalized spacial score (nSPS) is 27.7. The van der Waals surface area contributed by atoms with Gasteiger partial charge in [0.1, 0.15) is 22.8 Å². The van der Waals surface area contributed by atoms with Crippen LogP contribution in [0.5, 0.6) is 0 Å². The number of aromatic nitrogens is 2. The number of carbonyl (C=O) groups is 4. The van der Waals surface area contributed by atoms with Crippen LogP contribution < -0.4 is 21.3 Å². The van der Waals surface area contributed by atoms with E-state index in [1.807, 2.05) is 36.4 Å². The van der Waals surface area contributed by atoms with E-state index in [1.54, 1.807) is 36.4 Å². The zero-order chi connectivity index (χ0) is 41.7. The minimum absolute atomic E-state index is 0.153. The molecule has 0 saturated heterocycles. The van der Waals surface area contributed by atoms with Crippen LogP contribution in [0, 0.1) is 35.5 Å². The molecule has 1 unspecified atom stereocenters. The van der Waals surface area contributed by atoms with Crippen LogP contribution in [0.3, 0.4) is 0 Å². The Labute approximate surface area is 382 Å². The Morgan fingerprint density at radius 3 is 1.23 bits per heavy atom. The minimum Gasteiger partial charge on any atom is -0.350 e. The Morgan fingerprint density at radius 1 is 0.467 bits per heavy atom. The summed E-state index contributed by atoms with van der Waals surface area (Å²) in [7, 11) is 0. The molecule has 60 heavy (non-hydrogen) atoms. The van der Waals surface area contributed by atoms with Gasteiger partial charge in [0.25, 0.3) is 23.6 Å². The number of alkyl halides is 2. The van der Waals surface area contributed by atoms with E-state index in [1.165, 1.54) is 0 Å². The van der Waals surface area contributed by atoms with E-state index < -0.39 is 11.8 Å². The molecular formula is C46H44Br4N6O4. The van der Waals surface area contributed by atoms with Gasteiger partial charge in [-0.15, -0.1) is 0 Å². The molecule has 3 aliphatic carbocycles. The van der Waals surface area contributed by atoms with Crippen molar-refractivity contribution in [2.24, 2.45) is 35.5 Å². The molecule has 10 nitrogen and oxygen atoms in total.